The smallest absolute Gasteiger partial charge is 0.240 e. The maximum Gasteiger partial charge on any atom is 0.240 e. The number of rotatable bonds is 7. The molecule has 2 rings (SSSR count). The molecule has 108 valence electrons. The first kappa shape index (κ1) is 14.4. The third kappa shape index (κ3) is 3.75. The van der Waals surface area contributed by atoms with Crippen LogP contribution < -0.4 is 10.0 Å². The lowest BCUT2D eigenvalue weighted by molar-refractivity contribution is 0.542. The van der Waals surface area contributed by atoms with Gasteiger partial charge < -0.3 is 5.32 Å². The topological polar surface area (TPSA) is 102 Å². The largest absolute Gasteiger partial charge is 0.373 e. The number of hydrogen-bond acceptors (Lipinski definition) is 6. The predicted molar refractivity (Wildman–Crippen MR) is 73.6 cm³/mol. The Hall–Kier alpha value is -2.00. The van der Waals surface area contributed by atoms with Gasteiger partial charge in [-0.1, -0.05) is 5.21 Å². The Morgan fingerprint density at radius 3 is 2.90 bits per heavy atom. The zero-order chi connectivity index (χ0) is 14.4. The van der Waals surface area contributed by atoms with Crippen LogP contribution in [0.15, 0.2) is 35.6 Å². The minimum atomic E-state index is -3.51. The van der Waals surface area contributed by atoms with Crippen molar-refractivity contribution in [3.05, 3.63) is 30.7 Å². The van der Waals surface area contributed by atoms with Crippen molar-refractivity contribution in [1.29, 1.82) is 0 Å². The zero-order valence-electron chi connectivity index (χ0n) is 11.0. The van der Waals surface area contributed by atoms with Crippen LogP contribution in [0.3, 0.4) is 0 Å². The van der Waals surface area contributed by atoms with Crippen molar-refractivity contribution in [3.8, 4) is 0 Å². The van der Waals surface area contributed by atoms with Crippen molar-refractivity contribution in [3.63, 3.8) is 0 Å². The maximum absolute atomic E-state index is 12.1. The van der Waals surface area contributed by atoms with E-state index in [0.717, 1.165) is 0 Å². The molecule has 0 bridgehead atoms. The van der Waals surface area contributed by atoms with Gasteiger partial charge in [-0.15, -0.1) is 5.10 Å². The van der Waals surface area contributed by atoms with Gasteiger partial charge in [0.15, 0.2) is 0 Å². The van der Waals surface area contributed by atoms with E-state index in [1.54, 1.807) is 24.1 Å². The number of sulfonamides is 1. The van der Waals surface area contributed by atoms with E-state index in [0.29, 0.717) is 25.3 Å². The number of nitrogens with zero attached hydrogens (tertiary/aromatic N) is 4. The number of nitrogens with one attached hydrogen (secondary N) is 2. The molecule has 0 aliphatic rings. The minimum Gasteiger partial charge on any atom is -0.373 e. The number of aryl methyl sites for hydroxylation is 1. The van der Waals surface area contributed by atoms with E-state index < -0.39 is 10.0 Å². The van der Waals surface area contributed by atoms with Gasteiger partial charge in [-0.2, -0.15) is 0 Å². The van der Waals surface area contributed by atoms with Crippen molar-refractivity contribution in [2.24, 2.45) is 0 Å². The molecule has 8 nitrogen and oxygen atoms in total. The van der Waals surface area contributed by atoms with E-state index in [-0.39, 0.29) is 4.90 Å². The molecule has 20 heavy (non-hydrogen) atoms. The lowest BCUT2D eigenvalue weighted by Crippen LogP contribution is -2.25. The van der Waals surface area contributed by atoms with Gasteiger partial charge in [0.25, 0.3) is 0 Å². The first-order valence-electron chi connectivity index (χ1n) is 6.09. The van der Waals surface area contributed by atoms with Crippen molar-refractivity contribution < 1.29 is 8.42 Å². The van der Waals surface area contributed by atoms with Crippen molar-refractivity contribution in [2.75, 3.05) is 18.9 Å². The number of aromatic nitrogens is 4. The average molecular weight is 296 g/mol. The first-order chi connectivity index (χ1) is 9.62. The molecule has 0 unspecified atom stereocenters. The molecule has 0 aliphatic heterocycles. The first-order valence-corrected chi connectivity index (χ1v) is 7.58. The highest BCUT2D eigenvalue weighted by molar-refractivity contribution is 7.89. The number of hydrogen-bond donors (Lipinski definition) is 2. The molecule has 0 aliphatic carbocycles. The molecule has 0 fully saturated rings. The molecular formula is C11H16N6O2S. The van der Waals surface area contributed by atoms with Crippen molar-refractivity contribution in [1.82, 2.24) is 24.7 Å². The number of anilines is 1. The fourth-order valence-electron chi connectivity index (χ4n) is 1.60. The number of pyridine rings is 1. The molecule has 0 spiro atoms. The lowest BCUT2D eigenvalue weighted by Gasteiger charge is -2.07. The molecule has 0 atom stereocenters. The quantitative estimate of drug-likeness (QED) is 0.702. The monoisotopic (exact) mass is 296 g/mol. The van der Waals surface area contributed by atoms with E-state index in [1.807, 2.05) is 0 Å². The standard InChI is InChI=1S/C11H16N6O2S/c1-12-11-9-10(3-5-13-11)20(18,19)15-4-2-7-17-8-6-14-16-17/h3,5-6,8-9,15H,2,4,7H2,1H3,(H,12,13). The van der Waals surface area contributed by atoms with E-state index >= 15 is 0 Å². The van der Waals surface area contributed by atoms with Gasteiger partial charge >= 0.3 is 0 Å². The Kier molecular flexibility index (Phi) is 4.64. The van der Waals surface area contributed by atoms with Crippen LogP contribution in [0.4, 0.5) is 5.82 Å². The van der Waals surface area contributed by atoms with Crippen LogP contribution in [-0.2, 0) is 16.6 Å². The third-order valence-corrected chi connectivity index (χ3v) is 4.08. The maximum atomic E-state index is 12.1. The Bertz CT molecular complexity index is 641. The summed E-state index contributed by atoms with van der Waals surface area (Å²) >= 11 is 0. The summed E-state index contributed by atoms with van der Waals surface area (Å²) in [4.78, 5) is 4.17. The second-order valence-electron chi connectivity index (χ2n) is 4.04. The summed E-state index contributed by atoms with van der Waals surface area (Å²) in [6.07, 6.45) is 5.40. The fourth-order valence-corrected chi connectivity index (χ4v) is 2.68. The molecule has 9 heteroatoms. The highest BCUT2D eigenvalue weighted by Gasteiger charge is 2.13. The SMILES string of the molecule is CNc1cc(S(=O)(=O)NCCCn2ccnn2)ccn1. The van der Waals surface area contributed by atoms with Crippen LogP contribution in [0.25, 0.3) is 0 Å². The van der Waals surface area contributed by atoms with Gasteiger partial charge in [0.2, 0.25) is 10.0 Å². The molecule has 2 heterocycles. The molecule has 0 amide bonds. The normalized spacial score (nSPS) is 11.4. The van der Waals surface area contributed by atoms with Gasteiger partial charge in [0, 0.05) is 38.6 Å². The Labute approximate surface area is 117 Å². The average Bonchev–Trinajstić information content (AvgIpc) is 2.97. The summed E-state index contributed by atoms with van der Waals surface area (Å²) in [6.45, 7) is 0.944. The molecule has 2 aromatic rings. The fraction of sp³-hybridized carbons (Fsp3) is 0.364. The molecule has 2 aromatic heterocycles. The molecule has 0 radical (unpaired) electrons. The van der Waals surface area contributed by atoms with Crippen LogP contribution in [0.5, 0.6) is 0 Å². The van der Waals surface area contributed by atoms with Gasteiger partial charge in [-0.25, -0.2) is 18.1 Å². The van der Waals surface area contributed by atoms with Crippen LogP contribution in [0.1, 0.15) is 6.42 Å². The van der Waals surface area contributed by atoms with E-state index in [1.165, 1.54) is 18.3 Å². The minimum absolute atomic E-state index is 0.192. The Morgan fingerprint density at radius 2 is 2.20 bits per heavy atom. The summed E-state index contributed by atoms with van der Waals surface area (Å²) in [5, 5.41) is 10.3. The lowest BCUT2D eigenvalue weighted by atomic mass is 10.4. The van der Waals surface area contributed by atoms with Crippen molar-refractivity contribution in [2.45, 2.75) is 17.9 Å². The Morgan fingerprint density at radius 1 is 1.35 bits per heavy atom. The molecular weight excluding hydrogens is 280 g/mol. The summed E-state index contributed by atoms with van der Waals surface area (Å²) < 4.78 is 28.3. The molecule has 0 aromatic carbocycles. The molecule has 0 saturated carbocycles. The predicted octanol–water partition coefficient (Wildman–Crippen LogP) is 0.0834. The summed E-state index contributed by atoms with van der Waals surface area (Å²) in [5.74, 6) is 0.510. The third-order valence-electron chi connectivity index (χ3n) is 2.63. The highest BCUT2D eigenvalue weighted by atomic mass is 32.2. The summed E-state index contributed by atoms with van der Waals surface area (Å²) in [7, 11) is -1.82. The van der Waals surface area contributed by atoms with Gasteiger partial charge in [-0.3, -0.25) is 4.68 Å². The summed E-state index contributed by atoms with van der Waals surface area (Å²) in [6, 6.07) is 2.94. The van der Waals surface area contributed by atoms with Crippen LogP contribution >= 0.6 is 0 Å². The summed E-state index contributed by atoms with van der Waals surface area (Å²) in [5.41, 5.74) is 0. The molecule has 0 saturated heterocycles. The van der Waals surface area contributed by atoms with Crippen molar-refractivity contribution >= 4 is 15.8 Å². The van der Waals surface area contributed by atoms with Crippen LogP contribution in [0.2, 0.25) is 0 Å². The van der Waals surface area contributed by atoms with Gasteiger partial charge in [0.05, 0.1) is 11.1 Å². The highest BCUT2D eigenvalue weighted by Crippen LogP contribution is 2.11. The van der Waals surface area contributed by atoms with Crippen LogP contribution in [-0.4, -0.2) is 42.0 Å². The van der Waals surface area contributed by atoms with Gasteiger partial charge in [-0.05, 0) is 12.5 Å². The van der Waals surface area contributed by atoms with Gasteiger partial charge in [0.1, 0.15) is 5.82 Å². The van der Waals surface area contributed by atoms with Crippen LogP contribution in [0, 0.1) is 0 Å². The van der Waals surface area contributed by atoms with E-state index in [2.05, 4.69) is 25.3 Å². The zero-order valence-corrected chi connectivity index (χ0v) is 11.8. The molecule has 2 N–H and O–H groups in total. The van der Waals surface area contributed by atoms with E-state index in [4.69, 9.17) is 0 Å². The Balaban J connectivity index is 1.90. The van der Waals surface area contributed by atoms with E-state index in [9.17, 15) is 8.42 Å². The second-order valence-corrected chi connectivity index (χ2v) is 5.81. The second kappa shape index (κ2) is 6.44.